The molecule has 3 heterocycles. The summed E-state index contributed by atoms with van der Waals surface area (Å²) in [5.74, 6) is 0.000977. The van der Waals surface area contributed by atoms with Gasteiger partial charge >= 0.3 is 0 Å². The van der Waals surface area contributed by atoms with Gasteiger partial charge in [0.15, 0.2) is 0 Å². The summed E-state index contributed by atoms with van der Waals surface area (Å²) >= 11 is 2.16. The summed E-state index contributed by atoms with van der Waals surface area (Å²) in [5.41, 5.74) is 4.10. The van der Waals surface area contributed by atoms with Crippen LogP contribution in [0.2, 0.25) is 0 Å². The lowest BCUT2D eigenvalue weighted by molar-refractivity contribution is -0.122. The molecule has 1 N–H and O–H groups in total. The van der Waals surface area contributed by atoms with Crippen LogP contribution in [0.4, 0.5) is 4.79 Å². The third kappa shape index (κ3) is 5.92. The van der Waals surface area contributed by atoms with Crippen LogP contribution < -0.4 is 10.1 Å². The van der Waals surface area contributed by atoms with Crippen molar-refractivity contribution in [2.24, 2.45) is 0 Å². The number of aromatic nitrogens is 2. The fourth-order valence-electron chi connectivity index (χ4n) is 3.90. The molecule has 39 heavy (non-hydrogen) atoms. The molecule has 0 atom stereocenters. The summed E-state index contributed by atoms with van der Waals surface area (Å²) in [6, 6.07) is 18.7. The van der Waals surface area contributed by atoms with Crippen LogP contribution in [0.15, 0.2) is 78.0 Å². The highest BCUT2D eigenvalue weighted by atomic mass is 32.2. The van der Waals surface area contributed by atoms with E-state index in [9.17, 15) is 14.4 Å². The van der Waals surface area contributed by atoms with Gasteiger partial charge in [0.05, 0.1) is 17.7 Å². The minimum atomic E-state index is -0.382. The Morgan fingerprint density at radius 3 is 2.51 bits per heavy atom. The summed E-state index contributed by atoms with van der Waals surface area (Å²) < 4.78 is 5.16. The predicted molar refractivity (Wildman–Crippen MR) is 154 cm³/mol. The highest BCUT2D eigenvalue weighted by molar-refractivity contribution is 8.18. The molecule has 4 aromatic rings. The zero-order chi connectivity index (χ0) is 27.4. The van der Waals surface area contributed by atoms with Crippen molar-refractivity contribution in [2.45, 2.75) is 6.92 Å². The maximum absolute atomic E-state index is 13.3. The molecule has 1 aliphatic heterocycles. The maximum Gasteiger partial charge on any atom is 0.293 e. The third-order valence-electron chi connectivity index (χ3n) is 5.98. The number of imide groups is 1. The van der Waals surface area contributed by atoms with Gasteiger partial charge in [0, 0.05) is 36.6 Å². The fourth-order valence-corrected chi connectivity index (χ4v) is 5.76. The first-order valence-electron chi connectivity index (χ1n) is 12.1. The van der Waals surface area contributed by atoms with Crippen LogP contribution in [-0.2, 0) is 4.79 Å². The molecule has 1 fully saturated rings. The highest BCUT2D eigenvalue weighted by Crippen LogP contribution is 2.34. The van der Waals surface area contributed by atoms with E-state index in [1.807, 2.05) is 55.5 Å². The number of hydrogen-bond donors (Lipinski definition) is 1. The molecule has 8 nitrogen and oxygen atoms in total. The molecule has 0 saturated carbocycles. The minimum absolute atomic E-state index is 0.0600. The van der Waals surface area contributed by atoms with Gasteiger partial charge in [0.25, 0.3) is 17.1 Å². The normalized spacial score (nSPS) is 14.2. The van der Waals surface area contributed by atoms with Gasteiger partial charge in [-0.25, -0.2) is 4.98 Å². The number of nitrogens with zero attached hydrogens (tertiary/aromatic N) is 3. The first-order chi connectivity index (χ1) is 18.9. The Balaban J connectivity index is 1.29. The molecule has 0 aliphatic carbocycles. The van der Waals surface area contributed by atoms with E-state index in [2.05, 4.69) is 10.3 Å². The van der Waals surface area contributed by atoms with Gasteiger partial charge in [0.2, 0.25) is 0 Å². The van der Waals surface area contributed by atoms with Crippen LogP contribution in [0.1, 0.15) is 20.8 Å². The van der Waals surface area contributed by atoms with E-state index in [1.165, 1.54) is 11.3 Å². The van der Waals surface area contributed by atoms with Crippen molar-refractivity contribution in [3.05, 3.63) is 94.0 Å². The number of thiazole rings is 1. The van der Waals surface area contributed by atoms with Crippen LogP contribution >= 0.6 is 23.1 Å². The summed E-state index contributed by atoms with van der Waals surface area (Å²) in [6.07, 6.45) is 5.06. The second kappa shape index (κ2) is 11.6. The van der Waals surface area contributed by atoms with Crippen molar-refractivity contribution in [2.75, 3.05) is 20.2 Å². The van der Waals surface area contributed by atoms with Crippen molar-refractivity contribution in [1.82, 2.24) is 20.2 Å². The Hall–Kier alpha value is -4.28. The maximum atomic E-state index is 13.3. The van der Waals surface area contributed by atoms with Crippen LogP contribution in [0.5, 0.6) is 5.75 Å². The topological polar surface area (TPSA) is 101 Å². The van der Waals surface area contributed by atoms with E-state index >= 15 is 0 Å². The molecule has 2 aromatic carbocycles. The first-order valence-corrected chi connectivity index (χ1v) is 13.7. The van der Waals surface area contributed by atoms with Crippen molar-refractivity contribution >= 4 is 46.2 Å². The molecule has 5 rings (SSSR count). The Labute approximate surface area is 233 Å². The van der Waals surface area contributed by atoms with Crippen molar-refractivity contribution in [1.29, 1.82) is 0 Å². The minimum Gasteiger partial charge on any atom is -0.497 e. The van der Waals surface area contributed by atoms with E-state index in [0.29, 0.717) is 26.2 Å². The lowest BCUT2D eigenvalue weighted by Crippen LogP contribution is -2.37. The van der Waals surface area contributed by atoms with Gasteiger partial charge in [-0.05, 0) is 54.6 Å². The number of amides is 3. The number of nitrogens with one attached hydrogen (secondary N) is 1. The second-order valence-corrected chi connectivity index (χ2v) is 10.7. The standard InChI is InChI=1S/C29H24N4O4S2/c1-18-5-9-20(10-6-18)24-25(39-27(32-24)21-4-3-13-30-17-21)26(34)31-14-15-33-28(35)23(38-29(33)36)16-19-7-11-22(37-2)12-8-19/h3-13,16-17H,14-15H2,1-2H3,(H,31,34)/b23-16-. The number of thioether (sulfide) groups is 1. The monoisotopic (exact) mass is 556 g/mol. The number of benzene rings is 2. The Morgan fingerprint density at radius 1 is 1.05 bits per heavy atom. The Morgan fingerprint density at radius 2 is 1.82 bits per heavy atom. The molecule has 1 saturated heterocycles. The molecule has 196 valence electrons. The third-order valence-corrected chi connectivity index (χ3v) is 7.99. The number of carbonyl (C=O) groups excluding carboxylic acids is 3. The zero-order valence-electron chi connectivity index (χ0n) is 21.2. The molecule has 0 bridgehead atoms. The predicted octanol–water partition coefficient (Wildman–Crippen LogP) is 5.66. The lowest BCUT2D eigenvalue weighted by atomic mass is 10.1. The van der Waals surface area contributed by atoms with Gasteiger partial charge in [-0.1, -0.05) is 42.0 Å². The lowest BCUT2D eigenvalue weighted by Gasteiger charge is -2.13. The van der Waals surface area contributed by atoms with Crippen LogP contribution in [-0.4, -0.2) is 52.1 Å². The van der Waals surface area contributed by atoms with Crippen molar-refractivity contribution in [3.63, 3.8) is 0 Å². The van der Waals surface area contributed by atoms with Crippen LogP contribution in [0.25, 0.3) is 27.9 Å². The van der Waals surface area contributed by atoms with E-state index in [1.54, 1.807) is 37.7 Å². The van der Waals surface area contributed by atoms with Gasteiger partial charge < -0.3 is 10.1 Å². The number of pyridine rings is 1. The molecular formula is C29H24N4O4S2. The first kappa shape index (κ1) is 26.3. The molecule has 10 heteroatoms. The average Bonchev–Trinajstić information content (AvgIpc) is 3.52. The number of methoxy groups -OCH3 is 1. The van der Waals surface area contributed by atoms with E-state index in [-0.39, 0.29) is 30.1 Å². The SMILES string of the molecule is COc1ccc(/C=C2\SC(=O)N(CCNC(=O)c3sc(-c4cccnc4)nc3-c3ccc(C)cc3)C2=O)cc1. The molecule has 0 radical (unpaired) electrons. The summed E-state index contributed by atoms with van der Waals surface area (Å²) in [7, 11) is 1.58. The van der Waals surface area contributed by atoms with Crippen LogP contribution in [0.3, 0.4) is 0 Å². The Bertz CT molecular complexity index is 1550. The van der Waals surface area contributed by atoms with Gasteiger partial charge in [-0.2, -0.15) is 0 Å². The molecule has 0 unspecified atom stereocenters. The summed E-state index contributed by atoms with van der Waals surface area (Å²) in [4.78, 5) is 49.5. The number of rotatable bonds is 8. The van der Waals surface area contributed by atoms with Gasteiger partial charge in [-0.15, -0.1) is 11.3 Å². The van der Waals surface area contributed by atoms with Gasteiger partial charge in [-0.3, -0.25) is 24.3 Å². The fraction of sp³-hybridized carbons (Fsp3) is 0.138. The molecular weight excluding hydrogens is 532 g/mol. The Kier molecular flexibility index (Phi) is 7.85. The van der Waals surface area contributed by atoms with E-state index < -0.39 is 0 Å². The number of aryl methyl sites for hydroxylation is 1. The van der Waals surface area contributed by atoms with Gasteiger partial charge in [0.1, 0.15) is 15.6 Å². The molecule has 2 aromatic heterocycles. The zero-order valence-corrected chi connectivity index (χ0v) is 22.8. The summed E-state index contributed by atoms with van der Waals surface area (Å²) in [6.45, 7) is 2.17. The largest absolute Gasteiger partial charge is 0.497 e. The van der Waals surface area contributed by atoms with E-state index in [0.717, 1.165) is 38.9 Å². The number of ether oxygens (including phenoxy) is 1. The number of hydrogen-bond acceptors (Lipinski definition) is 8. The highest BCUT2D eigenvalue weighted by Gasteiger charge is 2.34. The van der Waals surface area contributed by atoms with Crippen molar-refractivity contribution < 1.29 is 19.1 Å². The molecule has 1 aliphatic rings. The quantitative estimate of drug-likeness (QED) is 0.280. The average molecular weight is 557 g/mol. The molecule has 0 spiro atoms. The second-order valence-electron chi connectivity index (χ2n) is 8.67. The molecule has 3 amide bonds. The van der Waals surface area contributed by atoms with Crippen LogP contribution in [0, 0.1) is 6.92 Å². The number of carbonyl (C=O) groups is 3. The smallest absolute Gasteiger partial charge is 0.293 e. The van der Waals surface area contributed by atoms with Crippen molar-refractivity contribution in [3.8, 4) is 27.6 Å². The van der Waals surface area contributed by atoms with E-state index in [4.69, 9.17) is 9.72 Å². The summed E-state index contributed by atoms with van der Waals surface area (Å²) in [5, 5.41) is 3.17.